The average Bonchev–Trinajstić information content (AvgIpc) is 2.93. The molecule has 2 aromatic rings. The molecule has 0 radical (unpaired) electrons. The number of rotatable bonds is 5. The predicted octanol–water partition coefficient (Wildman–Crippen LogP) is 3.48. The standard InChI is InChI=1S/C18H24N2O2/c1-3-4-5-10-15-17-13(11-16(19-15)18(21)22-2)12-8-6-7-9-14(12)20-17/h6-9,15-16,19-20H,3-5,10-11H2,1-2H3. The topological polar surface area (TPSA) is 54.1 Å². The van der Waals surface area contributed by atoms with Gasteiger partial charge in [0.15, 0.2) is 0 Å². The van der Waals surface area contributed by atoms with Crippen LogP contribution in [0.3, 0.4) is 0 Å². The van der Waals surface area contributed by atoms with Crippen LogP contribution in [0.5, 0.6) is 0 Å². The Kier molecular flexibility index (Phi) is 4.48. The summed E-state index contributed by atoms with van der Waals surface area (Å²) in [5.74, 6) is -0.170. The lowest BCUT2D eigenvalue weighted by atomic mass is 9.91. The van der Waals surface area contributed by atoms with Crippen LogP contribution >= 0.6 is 0 Å². The second-order valence-electron chi connectivity index (χ2n) is 6.06. The van der Waals surface area contributed by atoms with E-state index >= 15 is 0 Å². The minimum atomic E-state index is -0.247. The first-order valence-electron chi connectivity index (χ1n) is 8.18. The maximum Gasteiger partial charge on any atom is 0.323 e. The van der Waals surface area contributed by atoms with Gasteiger partial charge in [0, 0.05) is 29.1 Å². The van der Waals surface area contributed by atoms with Crippen molar-refractivity contribution in [3.8, 4) is 0 Å². The van der Waals surface area contributed by atoms with Gasteiger partial charge in [0.05, 0.1) is 7.11 Å². The Morgan fingerprint density at radius 2 is 2.14 bits per heavy atom. The summed E-state index contributed by atoms with van der Waals surface area (Å²) < 4.78 is 4.96. The van der Waals surface area contributed by atoms with E-state index < -0.39 is 0 Å². The summed E-state index contributed by atoms with van der Waals surface area (Å²) >= 11 is 0. The molecule has 0 amide bonds. The number of benzene rings is 1. The Bertz CT molecular complexity index is 662. The molecule has 0 aliphatic carbocycles. The van der Waals surface area contributed by atoms with Crippen molar-refractivity contribution in [2.24, 2.45) is 0 Å². The largest absolute Gasteiger partial charge is 0.468 e. The lowest BCUT2D eigenvalue weighted by Crippen LogP contribution is -2.45. The van der Waals surface area contributed by atoms with Crippen LogP contribution in [0.2, 0.25) is 0 Å². The monoisotopic (exact) mass is 300 g/mol. The molecule has 2 unspecified atom stereocenters. The number of fused-ring (bicyclic) bond motifs is 3. The van der Waals surface area contributed by atoms with Crippen LogP contribution in [-0.2, 0) is 16.0 Å². The van der Waals surface area contributed by atoms with Crippen LogP contribution in [0.1, 0.15) is 49.9 Å². The van der Waals surface area contributed by atoms with E-state index in [0.29, 0.717) is 6.42 Å². The fourth-order valence-electron chi connectivity index (χ4n) is 3.45. The number of para-hydroxylation sites is 1. The molecule has 0 spiro atoms. The van der Waals surface area contributed by atoms with Crippen LogP contribution in [-0.4, -0.2) is 24.1 Å². The van der Waals surface area contributed by atoms with Crippen LogP contribution in [0, 0.1) is 0 Å². The minimum Gasteiger partial charge on any atom is -0.468 e. The molecule has 0 saturated heterocycles. The Labute approximate surface area is 131 Å². The number of aromatic nitrogens is 1. The molecule has 1 aliphatic heterocycles. The van der Waals surface area contributed by atoms with E-state index in [-0.39, 0.29) is 18.1 Å². The average molecular weight is 300 g/mol. The molecule has 118 valence electrons. The highest BCUT2D eigenvalue weighted by Gasteiger charge is 2.33. The Morgan fingerprint density at radius 1 is 1.32 bits per heavy atom. The molecule has 1 aliphatic rings. The van der Waals surface area contributed by atoms with Gasteiger partial charge in [-0.05, 0) is 18.1 Å². The molecular weight excluding hydrogens is 276 g/mol. The lowest BCUT2D eigenvalue weighted by Gasteiger charge is -2.30. The summed E-state index contributed by atoms with van der Waals surface area (Å²) in [6.45, 7) is 2.21. The number of carbonyl (C=O) groups excluding carboxylic acids is 1. The van der Waals surface area contributed by atoms with Gasteiger partial charge < -0.3 is 9.72 Å². The number of esters is 1. The van der Waals surface area contributed by atoms with Crippen LogP contribution in [0.15, 0.2) is 24.3 Å². The maximum atomic E-state index is 12.0. The van der Waals surface area contributed by atoms with E-state index in [9.17, 15) is 4.79 Å². The first kappa shape index (κ1) is 15.1. The highest BCUT2D eigenvalue weighted by Crippen LogP contribution is 2.34. The number of methoxy groups -OCH3 is 1. The highest BCUT2D eigenvalue weighted by atomic mass is 16.5. The number of nitrogens with one attached hydrogen (secondary N) is 2. The number of ether oxygens (including phenoxy) is 1. The van der Waals surface area contributed by atoms with Gasteiger partial charge in [-0.1, -0.05) is 44.4 Å². The van der Waals surface area contributed by atoms with Crippen LogP contribution < -0.4 is 5.32 Å². The van der Waals surface area contributed by atoms with Gasteiger partial charge in [-0.2, -0.15) is 0 Å². The van der Waals surface area contributed by atoms with Gasteiger partial charge in [-0.25, -0.2) is 0 Å². The molecule has 4 heteroatoms. The summed E-state index contributed by atoms with van der Waals surface area (Å²) in [4.78, 5) is 15.6. The summed E-state index contributed by atoms with van der Waals surface area (Å²) in [6.07, 6.45) is 5.32. The van der Waals surface area contributed by atoms with Crippen molar-refractivity contribution in [1.82, 2.24) is 10.3 Å². The van der Waals surface area contributed by atoms with Gasteiger partial charge in [0.25, 0.3) is 0 Å². The number of H-pyrrole nitrogens is 1. The van der Waals surface area contributed by atoms with Gasteiger partial charge in [-0.15, -0.1) is 0 Å². The molecule has 2 atom stereocenters. The minimum absolute atomic E-state index is 0.170. The van der Waals surface area contributed by atoms with Gasteiger partial charge in [0.1, 0.15) is 6.04 Å². The van der Waals surface area contributed by atoms with Crippen molar-refractivity contribution >= 4 is 16.9 Å². The van der Waals surface area contributed by atoms with Crippen molar-refractivity contribution in [3.63, 3.8) is 0 Å². The normalized spacial score (nSPS) is 20.8. The molecule has 22 heavy (non-hydrogen) atoms. The van der Waals surface area contributed by atoms with Gasteiger partial charge in [0.2, 0.25) is 0 Å². The molecule has 2 N–H and O–H groups in total. The van der Waals surface area contributed by atoms with E-state index in [1.165, 1.54) is 36.6 Å². The van der Waals surface area contributed by atoms with E-state index in [1.54, 1.807) is 0 Å². The zero-order valence-corrected chi connectivity index (χ0v) is 13.3. The number of aromatic amines is 1. The smallest absolute Gasteiger partial charge is 0.323 e. The van der Waals surface area contributed by atoms with Crippen molar-refractivity contribution in [1.29, 1.82) is 0 Å². The van der Waals surface area contributed by atoms with E-state index in [4.69, 9.17) is 4.74 Å². The van der Waals surface area contributed by atoms with Gasteiger partial charge >= 0.3 is 5.97 Å². The Hall–Kier alpha value is -1.81. The van der Waals surface area contributed by atoms with E-state index in [1.807, 2.05) is 6.07 Å². The SMILES string of the molecule is CCCCCC1NC(C(=O)OC)Cc2c1[nH]c1ccccc21. The molecular formula is C18H24N2O2. The second kappa shape index (κ2) is 6.53. The van der Waals surface area contributed by atoms with Crippen LogP contribution in [0.25, 0.3) is 10.9 Å². The number of unbranched alkanes of at least 4 members (excludes halogenated alkanes) is 2. The van der Waals surface area contributed by atoms with E-state index in [2.05, 4.69) is 35.4 Å². The first-order chi connectivity index (χ1) is 10.7. The van der Waals surface area contributed by atoms with E-state index in [0.717, 1.165) is 18.4 Å². The summed E-state index contributed by atoms with van der Waals surface area (Å²) in [5, 5.41) is 4.70. The lowest BCUT2D eigenvalue weighted by molar-refractivity contribution is -0.143. The predicted molar refractivity (Wildman–Crippen MR) is 87.8 cm³/mol. The van der Waals surface area contributed by atoms with Crippen molar-refractivity contribution in [3.05, 3.63) is 35.5 Å². The summed E-state index contributed by atoms with van der Waals surface area (Å²) in [7, 11) is 1.46. The number of hydrogen-bond acceptors (Lipinski definition) is 3. The summed E-state index contributed by atoms with van der Waals surface area (Å²) in [6, 6.07) is 8.28. The molecule has 3 rings (SSSR count). The molecule has 2 heterocycles. The molecule has 1 aromatic carbocycles. The molecule has 0 bridgehead atoms. The summed E-state index contributed by atoms with van der Waals surface area (Å²) in [5.41, 5.74) is 3.67. The molecule has 0 saturated carbocycles. The van der Waals surface area contributed by atoms with Crippen molar-refractivity contribution in [2.75, 3.05) is 7.11 Å². The second-order valence-corrected chi connectivity index (χ2v) is 6.06. The molecule has 1 aromatic heterocycles. The fourth-order valence-corrected chi connectivity index (χ4v) is 3.45. The third-order valence-electron chi connectivity index (χ3n) is 4.59. The van der Waals surface area contributed by atoms with Crippen molar-refractivity contribution < 1.29 is 9.53 Å². The maximum absolute atomic E-state index is 12.0. The zero-order chi connectivity index (χ0) is 15.5. The Balaban J connectivity index is 1.95. The molecule has 4 nitrogen and oxygen atoms in total. The van der Waals surface area contributed by atoms with Crippen molar-refractivity contribution in [2.45, 2.75) is 51.1 Å². The Morgan fingerprint density at radius 3 is 2.91 bits per heavy atom. The molecule has 0 fully saturated rings. The number of hydrogen-bond donors (Lipinski definition) is 2. The highest BCUT2D eigenvalue weighted by molar-refractivity contribution is 5.87. The first-order valence-corrected chi connectivity index (χ1v) is 8.18. The zero-order valence-electron chi connectivity index (χ0n) is 13.3. The third kappa shape index (κ3) is 2.75. The van der Waals surface area contributed by atoms with Gasteiger partial charge in [-0.3, -0.25) is 10.1 Å². The fraction of sp³-hybridized carbons (Fsp3) is 0.500. The third-order valence-corrected chi connectivity index (χ3v) is 4.59. The quantitative estimate of drug-likeness (QED) is 0.656. The number of carbonyl (C=O) groups is 1. The van der Waals surface area contributed by atoms with Crippen LogP contribution in [0.4, 0.5) is 0 Å².